The van der Waals surface area contributed by atoms with Crippen LogP contribution in [-0.2, 0) is 6.18 Å². The first kappa shape index (κ1) is 20.2. The summed E-state index contributed by atoms with van der Waals surface area (Å²) in [6.45, 7) is 4.10. The lowest BCUT2D eigenvalue weighted by Crippen LogP contribution is -2.09. The molecular formula is C21H20F3N3S. The van der Waals surface area contributed by atoms with E-state index in [2.05, 4.69) is 29.4 Å². The summed E-state index contributed by atoms with van der Waals surface area (Å²) in [4.78, 5) is 9.74. The zero-order chi connectivity index (χ0) is 20.3. The molecule has 0 saturated carbocycles. The van der Waals surface area contributed by atoms with Crippen molar-refractivity contribution in [3.63, 3.8) is 0 Å². The lowest BCUT2D eigenvalue weighted by Gasteiger charge is -2.13. The molecule has 2 heterocycles. The van der Waals surface area contributed by atoms with Gasteiger partial charge in [-0.2, -0.15) is 13.2 Å². The molecular weight excluding hydrogens is 383 g/mol. The van der Waals surface area contributed by atoms with E-state index in [-0.39, 0.29) is 0 Å². The number of hydrogen-bond donors (Lipinski definition) is 1. The van der Waals surface area contributed by atoms with E-state index in [0.29, 0.717) is 11.4 Å². The molecule has 0 spiro atoms. The molecule has 0 atom stereocenters. The van der Waals surface area contributed by atoms with E-state index in [0.717, 1.165) is 45.1 Å². The fraction of sp³-hybridized carbons (Fsp3) is 0.238. The van der Waals surface area contributed by atoms with Crippen molar-refractivity contribution in [3.05, 3.63) is 65.1 Å². The summed E-state index contributed by atoms with van der Waals surface area (Å²) in [6, 6.07) is 10.6. The van der Waals surface area contributed by atoms with E-state index in [9.17, 15) is 13.2 Å². The summed E-state index contributed by atoms with van der Waals surface area (Å²) in [5.41, 5.74) is 3.14. The highest BCUT2D eigenvalue weighted by molar-refractivity contribution is 7.99. The number of halogens is 3. The van der Waals surface area contributed by atoms with Gasteiger partial charge in [-0.15, -0.1) is 11.8 Å². The van der Waals surface area contributed by atoms with Crippen LogP contribution in [0.5, 0.6) is 0 Å². The molecule has 3 nitrogen and oxygen atoms in total. The van der Waals surface area contributed by atoms with Gasteiger partial charge in [0.15, 0.2) is 0 Å². The van der Waals surface area contributed by atoms with Crippen LogP contribution in [-0.4, -0.2) is 22.8 Å². The lowest BCUT2D eigenvalue weighted by atomic mass is 10.1. The molecule has 0 saturated heterocycles. The van der Waals surface area contributed by atoms with E-state index < -0.39 is 11.7 Å². The highest BCUT2D eigenvalue weighted by atomic mass is 32.2. The van der Waals surface area contributed by atoms with E-state index in [4.69, 9.17) is 4.98 Å². The number of aryl methyl sites for hydroxylation is 1. The molecule has 0 aliphatic carbocycles. The molecule has 0 aliphatic rings. The van der Waals surface area contributed by atoms with Gasteiger partial charge in [-0.1, -0.05) is 18.6 Å². The second-order valence-electron chi connectivity index (χ2n) is 6.24. The SMILES string of the molecule is CCSc1cc2cc(C)ccc2nc1/C(=C/c1ccc(C(F)(F)F)cn1)NC. The maximum atomic E-state index is 12.7. The number of hydrogen-bond acceptors (Lipinski definition) is 4. The molecule has 0 radical (unpaired) electrons. The molecule has 28 heavy (non-hydrogen) atoms. The first-order valence-corrected chi connectivity index (χ1v) is 9.77. The van der Waals surface area contributed by atoms with Gasteiger partial charge in [-0.05, 0) is 49.1 Å². The Morgan fingerprint density at radius 3 is 2.57 bits per heavy atom. The maximum absolute atomic E-state index is 12.7. The largest absolute Gasteiger partial charge is 0.417 e. The molecule has 3 rings (SSSR count). The number of rotatable bonds is 5. The third-order valence-electron chi connectivity index (χ3n) is 4.17. The van der Waals surface area contributed by atoms with Gasteiger partial charge >= 0.3 is 6.18 Å². The molecule has 3 aromatic rings. The minimum Gasteiger partial charge on any atom is -0.386 e. The zero-order valence-electron chi connectivity index (χ0n) is 15.8. The number of alkyl halides is 3. The number of aromatic nitrogens is 2. The van der Waals surface area contributed by atoms with E-state index >= 15 is 0 Å². The Kier molecular flexibility index (Phi) is 5.93. The third-order valence-corrected chi connectivity index (χ3v) is 5.08. The Morgan fingerprint density at radius 2 is 1.96 bits per heavy atom. The predicted molar refractivity (Wildman–Crippen MR) is 109 cm³/mol. The third kappa shape index (κ3) is 4.47. The molecule has 0 aliphatic heterocycles. The quantitative estimate of drug-likeness (QED) is 0.548. The fourth-order valence-electron chi connectivity index (χ4n) is 2.80. The first-order valence-electron chi connectivity index (χ1n) is 8.79. The van der Waals surface area contributed by atoms with Crippen molar-refractivity contribution in [1.82, 2.24) is 15.3 Å². The molecule has 146 valence electrons. The number of fused-ring (bicyclic) bond motifs is 1. The Bertz CT molecular complexity index is 1010. The summed E-state index contributed by atoms with van der Waals surface area (Å²) < 4.78 is 38.2. The molecule has 1 N–H and O–H groups in total. The summed E-state index contributed by atoms with van der Waals surface area (Å²) in [5.74, 6) is 0.877. The smallest absolute Gasteiger partial charge is 0.386 e. The van der Waals surface area contributed by atoms with Crippen molar-refractivity contribution < 1.29 is 13.2 Å². The second kappa shape index (κ2) is 8.22. The Morgan fingerprint density at radius 1 is 1.18 bits per heavy atom. The van der Waals surface area contributed by atoms with Crippen LogP contribution in [0.1, 0.15) is 29.4 Å². The number of benzene rings is 1. The van der Waals surface area contributed by atoms with Crippen LogP contribution in [0, 0.1) is 6.92 Å². The second-order valence-corrected chi connectivity index (χ2v) is 7.55. The van der Waals surface area contributed by atoms with Crippen molar-refractivity contribution in [1.29, 1.82) is 0 Å². The zero-order valence-corrected chi connectivity index (χ0v) is 16.6. The van der Waals surface area contributed by atoms with Gasteiger partial charge in [0, 0.05) is 23.5 Å². The molecule has 2 aromatic heterocycles. The summed E-state index contributed by atoms with van der Waals surface area (Å²) in [7, 11) is 1.76. The van der Waals surface area contributed by atoms with Crippen molar-refractivity contribution >= 4 is 34.4 Å². The fourth-order valence-corrected chi connectivity index (χ4v) is 3.61. The monoisotopic (exact) mass is 403 g/mol. The van der Waals surface area contributed by atoms with E-state index in [1.165, 1.54) is 6.07 Å². The van der Waals surface area contributed by atoms with E-state index in [1.54, 1.807) is 24.9 Å². The number of pyridine rings is 2. The number of nitrogens with one attached hydrogen (secondary N) is 1. The van der Waals surface area contributed by atoms with Crippen molar-refractivity contribution in [2.24, 2.45) is 0 Å². The Hall–Kier alpha value is -2.54. The van der Waals surface area contributed by atoms with Crippen LogP contribution in [0.2, 0.25) is 0 Å². The predicted octanol–water partition coefficient (Wildman–Crippen LogP) is 5.79. The molecule has 0 fully saturated rings. The van der Waals surface area contributed by atoms with Gasteiger partial charge in [0.25, 0.3) is 0 Å². The van der Waals surface area contributed by atoms with Crippen LogP contribution in [0.15, 0.2) is 47.5 Å². The molecule has 1 aromatic carbocycles. The highest BCUT2D eigenvalue weighted by Crippen LogP contribution is 2.31. The molecule has 0 amide bonds. The first-order chi connectivity index (χ1) is 13.3. The normalized spacial score (nSPS) is 12.4. The molecule has 0 unspecified atom stereocenters. The Balaban J connectivity index is 2.07. The van der Waals surface area contributed by atoms with Gasteiger partial charge < -0.3 is 5.32 Å². The van der Waals surface area contributed by atoms with Crippen LogP contribution in [0.3, 0.4) is 0 Å². The van der Waals surface area contributed by atoms with E-state index in [1.807, 2.05) is 19.1 Å². The van der Waals surface area contributed by atoms with Crippen LogP contribution < -0.4 is 5.32 Å². The highest BCUT2D eigenvalue weighted by Gasteiger charge is 2.30. The standard InChI is InChI=1S/C21H20F3N3S/c1-4-28-19-10-14-9-13(2)5-8-17(14)27-20(19)18(25-3)11-16-7-6-15(12-26-16)21(22,23)24/h5-12,25H,4H2,1-3H3/b18-11-. The van der Waals surface area contributed by atoms with Crippen molar-refractivity contribution in [2.45, 2.75) is 24.9 Å². The average molecular weight is 403 g/mol. The summed E-state index contributed by atoms with van der Waals surface area (Å²) in [6.07, 6.45) is -1.84. The van der Waals surface area contributed by atoms with Gasteiger partial charge in [-0.3, -0.25) is 4.98 Å². The number of thioether (sulfide) groups is 1. The van der Waals surface area contributed by atoms with Gasteiger partial charge in [0.2, 0.25) is 0 Å². The van der Waals surface area contributed by atoms with Crippen molar-refractivity contribution in [2.75, 3.05) is 12.8 Å². The van der Waals surface area contributed by atoms with Crippen LogP contribution >= 0.6 is 11.8 Å². The summed E-state index contributed by atoms with van der Waals surface area (Å²) in [5, 5.41) is 4.17. The minimum absolute atomic E-state index is 0.426. The topological polar surface area (TPSA) is 37.8 Å². The van der Waals surface area contributed by atoms with Crippen molar-refractivity contribution in [3.8, 4) is 0 Å². The van der Waals surface area contributed by atoms with Gasteiger partial charge in [-0.25, -0.2) is 4.98 Å². The summed E-state index contributed by atoms with van der Waals surface area (Å²) >= 11 is 1.67. The number of nitrogens with zero attached hydrogens (tertiary/aromatic N) is 2. The maximum Gasteiger partial charge on any atom is 0.417 e. The lowest BCUT2D eigenvalue weighted by molar-refractivity contribution is -0.137. The minimum atomic E-state index is -4.40. The van der Waals surface area contributed by atoms with Gasteiger partial charge in [0.05, 0.1) is 22.5 Å². The average Bonchev–Trinajstić information content (AvgIpc) is 2.65. The molecule has 7 heteroatoms. The molecule has 0 bridgehead atoms. The van der Waals surface area contributed by atoms with Crippen LogP contribution in [0.25, 0.3) is 22.7 Å². The van der Waals surface area contributed by atoms with Crippen LogP contribution in [0.4, 0.5) is 13.2 Å². The Labute approximate surface area is 166 Å². The van der Waals surface area contributed by atoms with Gasteiger partial charge in [0.1, 0.15) is 5.69 Å².